The number of carbonyl (C=O) groups is 2. The van der Waals surface area contributed by atoms with Crippen molar-refractivity contribution in [2.24, 2.45) is 5.41 Å². The van der Waals surface area contributed by atoms with Gasteiger partial charge in [-0.2, -0.15) is 0 Å². The van der Waals surface area contributed by atoms with Crippen molar-refractivity contribution < 1.29 is 14.3 Å². The summed E-state index contributed by atoms with van der Waals surface area (Å²) in [5.41, 5.74) is 1.42. The summed E-state index contributed by atoms with van der Waals surface area (Å²) in [4.78, 5) is 29.1. The Labute approximate surface area is 153 Å². The van der Waals surface area contributed by atoms with Gasteiger partial charge in [-0.25, -0.2) is 0 Å². The van der Waals surface area contributed by atoms with E-state index in [2.05, 4.69) is 0 Å². The van der Waals surface area contributed by atoms with E-state index >= 15 is 0 Å². The van der Waals surface area contributed by atoms with Gasteiger partial charge in [0.1, 0.15) is 5.75 Å². The van der Waals surface area contributed by atoms with Gasteiger partial charge in [0.15, 0.2) is 0 Å². The lowest BCUT2D eigenvalue weighted by atomic mass is 9.86. The average molecular weight is 350 g/mol. The average Bonchev–Trinajstić information content (AvgIpc) is 3.24. The minimum absolute atomic E-state index is 0.0507. The van der Waals surface area contributed by atoms with Crippen LogP contribution in [-0.2, 0) is 4.79 Å². The Balaban J connectivity index is 1.50. The van der Waals surface area contributed by atoms with E-state index in [9.17, 15) is 9.59 Å². The zero-order valence-electron chi connectivity index (χ0n) is 14.9. The van der Waals surface area contributed by atoms with Crippen molar-refractivity contribution in [1.82, 2.24) is 4.90 Å². The molecule has 2 saturated heterocycles. The predicted octanol–water partition coefficient (Wildman–Crippen LogP) is 2.96. The molecule has 1 atom stereocenters. The standard InChI is InChI=1S/C21H22N2O3/c1-26-18-9-5-8-17(12-18)23-15-21(13-19(23)24)10-11-22(14-21)20(25)16-6-3-2-4-7-16/h2-9,12H,10-11,13-15H2,1H3/t21-/m0/s1. The van der Waals surface area contributed by atoms with E-state index in [0.717, 1.165) is 17.9 Å². The highest BCUT2D eigenvalue weighted by Gasteiger charge is 2.48. The molecule has 134 valence electrons. The molecule has 0 aromatic heterocycles. The Hall–Kier alpha value is -2.82. The van der Waals surface area contributed by atoms with E-state index in [1.165, 1.54) is 0 Å². The van der Waals surface area contributed by atoms with Crippen molar-refractivity contribution in [3.63, 3.8) is 0 Å². The quantitative estimate of drug-likeness (QED) is 0.855. The molecule has 0 radical (unpaired) electrons. The Kier molecular flexibility index (Phi) is 4.15. The van der Waals surface area contributed by atoms with Gasteiger partial charge < -0.3 is 14.5 Å². The smallest absolute Gasteiger partial charge is 0.253 e. The number of hydrogen-bond donors (Lipinski definition) is 0. The third-order valence-electron chi connectivity index (χ3n) is 5.43. The molecule has 2 aliphatic rings. The summed E-state index contributed by atoms with van der Waals surface area (Å²) < 4.78 is 5.27. The van der Waals surface area contributed by atoms with Gasteiger partial charge in [0.25, 0.3) is 5.91 Å². The summed E-state index contributed by atoms with van der Waals surface area (Å²) in [5.74, 6) is 0.908. The Morgan fingerprint density at radius 3 is 2.65 bits per heavy atom. The van der Waals surface area contributed by atoms with E-state index in [0.29, 0.717) is 31.6 Å². The van der Waals surface area contributed by atoms with Crippen LogP contribution in [0.3, 0.4) is 0 Å². The summed E-state index contributed by atoms with van der Waals surface area (Å²) in [6.07, 6.45) is 1.35. The number of nitrogens with zero attached hydrogens (tertiary/aromatic N) is 2. The third kappa shape index (κ3) is 2.94. The van der Waals surface area contributed by atoms with Crippen molar-refractivity contribution >= 4 is 17.5 Å². The monoisotopic (exact) mass is 350 g/mol. The van der Waals surface area contributed by atoms with Crippen LogP contribution in [0, 0.1) is 5.41 Å². The molecular weight excluding hydrogens is 328 g/mol. The predicted molar refractivity (Wildman–Crippen MR) is 99.4 cm³/mol. The fourth-order valence-corrected chi connectivity index (χ4v) is 4.05. The molecule has 2 fully saturated rings. The van der Waals surface area contributed by atoms with Gasteiger partial charge in [-0.05, 0) is 30.7 Å². The highest BCUT2D eigenvalue weighted by atomic mass is 16.5. The molecule has 4 rings (SSSR count). The van der Waals surface area contributed by atoms with Crippen LogP contribution >= 0.6 is 0 Å². The van der Waals surface area contributed by atoms with Crippen molar-refractivity contribution in [3.05, 3.63) is 60.2 Å². The molecule has 0 N–H and O–H groups in total. The van der Waals surface area contributed by atoms with Crippen LogP contribution in [0.15, 0.2) is 54.6 Å². The fraction of sp³-hybridized carbons (Fsp3) is 0.333. The number of amides is 2. The molecule has 26 heavy (non-hydrogen) atoms. The lowest BCUT2D eigenvalue weighted by molar-refractivity contribution is -0.117. The van der Waals surface area contributed by atoms with Crippen molar-refractivity contribution in [2.45, 2.75) is 12.8 Å². The second-order valence-electron chi connectivity index (χ2n) is 7.20. The van der Waals surface area contributed by atoms with E-state index in [4.69, 9.17) is 4.74 Å². The van der Waals surface area contributed by atoms with Crippen LogP contribution < -0.4 is 9.64 Å². The van der Waals surface area contributed by atoms with Crippen LogP contribution in [0.4, 0.5) is 5.69 Å². The lowest BCUT2D eigenvalue weighted by Gasteiger charge is -2.24. The molecular formula is C21H22N2O3. The molecule has 2 amide bonds. The molecule has 2 heterocycles. The van der Waals surface area contributed by atoms with Crippen molar-refractivity contribution in [3.8, 4) is 5.75 Å². The lowest BCUT2D eigenvalue weighted by Crippen LogP contribution is -2.34. The van der Waals surface area contributed by atoms with Gasteiger partial charge in [-0.15, -0.1) is 0 Å². The Bertz CT molecular complexity index is 836. The van der Waals surface area contributed by atoms with Crippen molar-refractivity contribution in [2.75, 3.05) is 31.6 Å². The molecule has 5 nitrogen and oxygen atoms in total. The Morgan fingerprint density at radius 2 is 1.88 bits per heavy atom. The number of benzene rings is 2. The summed E-state index contributed by atoms with van der Waals surface area (Å²) in [6.45, 7) is 1.98. The summed E-state index contributed by atoms with van der Waals surface area (Å²) in [5, 5.41) is 0. The number of ether oxygens (including phenoxy) is 1. The van der Waals surface area contributed by atoms with Gasteiger partial charge >= 0.3 is 0 Å². The number of hydrogen-bond acceptors (Lipinski definition) is 3. The van der Waals surface area contributed by atoms with Crippen LogP contribution in [0.25, 0.3) is 0 Å². The number of carbonyl (C=O) groups excluding carboxylic acids is 2. The van der Waals surface area contributed by atoms with E-state index < -0.39 is 0 Å². The summed E-state index contributed by atoms with van der Waals surface area (Å²) >= 11 is 0. The largest absolute Gasteiger partial charge is 0.497 e. The van der Waals surface area contributed by atoms with Crippen molar-refractivity contribution in [1.29, 1.82) is 0 Å². The maximum Gasteiger partial charge on any atom is 0.253 e. The minimum Gasteiger partial charge on any atom is -0.497 e. The van der Waals surface area contributed by atoms with Crippen LogP contribution in [-0.4, -0.2) is 43.5 Å². The van der Waals surface area contributed by atoms with Crippen LogP contribution in [0.2, 0.25) is 0 Å². The molecule has 2 aromatic carbocycles. The molecule has 2 aliphatic heterocycles. The normalized spacial score (nSPS) is 22.3. The number of anilines is 1. The van der Waals surface area contributed by atoms with E-state index in [-0.39, 0.29) is 17.2 Å². The first-order chi connectivity index (χ1) is 12.6. The molecule has 0 unspecified atom stereocenters. The Morgan fingerprint density at radius 1 is 1.08 bits per heavy atom. The highest BCUT2D eigenvalue weighted by molar-refractivity contribution is 5.97. The molecule has 2 aromatic rings. The molecule has 0 aliphatic carbocycles. The highest BCUT2D eigenvalue weighted by Crippen LogP contribution is 2.42. The maximum absolute atomic E-state index is 12.7. The van der Waals surface area contributed by atoms with Gasteiger partial charge in [0.2, 0.25) is 5.91 Å². The number of rotatable bonds is 3. The van der Waals surface area contributed by atoms with Crippen LogP contribution in [0.1, 0.15) is 23.2 Å². The fourth-order valence-electron chi connectivity index (χ4n) is 4.05. The first-order valence-electron chi connectivity index (χ1n) is 8.89. The van der Waals surface area contributed by atoms with E-state index in [1.807, 2.05) is 64.4 Å². The molecule has 5 heteroatoms. The second-order valence-corrected chi connectivity index (χ2v) is 7.20. The zero-order valence-corrected chi connectivity index (χ0v) is 14.9. The van der Waals surface area contributed by atoms with Gasteiger partial charge in [-0.1, -0.05) is 24.3 Å². The molecule has 0 saturated carbocycles. The summed E-state index contributed by atoms with van der Waals surface area (Å²) in [7, 11) is 1.62. The SMILES string of the molecule is COc1cccc(N2C[C@@]3(CCN(C(=O)c4ccccc4)C3)CC2=O)c1. The molecule has 1 spiro atoms. The summed E-state index contributed by atoms with van der Waals surface area (Å²) in [6, 6.07) is 16.9. The van der Waals surface area contributed by atoms with Crippen LogP contribution in [0.5, 0.6) is 5.75 Å². The first kappa shape index (κ1) is 16.6. The minimum atomic E-state index is -0.148. The third-order valence-corrected chi connectivity index (χ3v) is 5.43. The van der Waals surface area contributed by atoms with E-state index in [1.54, 1.807) is 7.11 Å². The second kappa shape index (κ2) is 6.48. The van der Waals surface area contributed by atoms with Gasteiger partial charge in [0.05, 0.1) is 7.11 Å². The topological polar surface area (TPSA) is 49.9 Å². The first-order valence-corrected chi connectivity index (χ1v) is 8.89. The maximum atomic E-state index is 12.7. The zero-order chi connectivity index (χ0) is 18.1. The number of methoxy groups -OCH3 is 1. The van der Waals surface area contributed by atoms with Gasteiger partial charge in [-0.3, -0.25) is 9.59 Å². The number of likely N-dealkylation sites (tertiary alicyclic amines) is 1. The molecule has 0 bridgehead atoms. The van der Waals surface area contributed by atoms with Gasteiger partial charge in [0, 0.05) is 48.8 Å².